The summed E-state index contributed by atoms with van der Waals surface area (Å²) in [5, 5.41) is 3.67. The number of amides is 2. The topological polar surface area (TPSA) is 67.9 Å². The van der Waals surface area contributed by atoms with Gasteiger partial charge in [0.25, 0.3) is 11.8 Å². The lowest BCUT2D eigenvalue weighted by Gasteiger charge is -2.16. The highest BCUT2D eigenvalue weighted by molar-refractivity contribution is 6.46. The number of halogens is 1. The Morgan fingerprint density at radius 3 is 2.42 bits per heavy atom. The molecule has 1 N–H and O–H groups in total. The molecule has 2 amide bonds. The highest BCUT2D eigenvalue weighted by Crippen LogP contribution is 2.37. The molecule has 0 fully saturated rings. The third-order valence-electron chi connectivity index (χ3n) is 5.12. The Morgan fingerprint density at radius 1 is 0.939 bits per heavy atom. The van der Waals surface area contributed by atoms with Crippen molar-refractivity contribution in [1.82, 2.24) is 0 Å². The number of hydrogen-bond donors (Lipinski definition) is 1. The number of para-hydroxylation sites is 1. The summed E-state index contributed by atoms with van der Waals surface area (Å²) >= 11 is 6.00. The minimum atomic E-state index is -0.469. The first-order valence-corrected chi connectivity index (χ1v) is 10.9. The molecule has 0 aliphatic carbocycles. The zero-order chi connectivity index (χ0) is 23.4. The summed E-state index contributed by atoms with van der Waals surface area (Å²) in [6.07, 6.45) is 0.879. The van der Waals surface area contributed by atoms with Gasteiger partial charge in [-0.2, -0.15) is 0 Å². The molecule has 3 aromatic carbocycles. The van der Waals surface area contributed by atoms with Crippen molar-refractivity contribution in [3.05, 3.63) is 89.1 Å². The molecular formula is C26H23ClN2O4. The second-order valence-corrected chi connectivity index (χ2v) is 7.81. The normalized spacial score (nSPS) is 13.5. The average Bonchev–Trinajstić information content (AvgIpc) is 3.07. The number of ether oxygens (including phenoxy) is 2. The van der Waals surface area contributed by atoms with E-state index in [9.17, 15) is 9.59 Å². The van der Waals surface area contributed by atoms with Gasteiger partial charge < -0.3 is 14.8 Å². The van der Waals surface area contributed by atoms with Gasteiger partial charge in [-0.1, -0.05) is 42.8 Å². The highest BCUT2D eigenvalue weighted by atomic mass is 35.5. The SMILES string of the molecule is CCCOc1cccc(NC2=C(c3ccccc3OC)C(=O)N(c3ccc(Cl)cc3)C2=O)c1. The maximum Gasteiger partial charge on any atom is 0.282 e. The summed E-state index contributed by atoms with van der Waals surface area (Å²) in [4.78, 5) is 28.2. The third-order valence-corrected chi connectivity index (χ3v) is 5.37. The molecule has 0 bridgehead atoms. The van der Waals surface area contributed by atoms with Gasteiger partial charge in [0.1, 0.15) is 17.2 Å². The summed E-state index contributed by atoms with van der Waals surface area (Å²) in [5.74, 6) is 0.245. The summed E-state index contributed by atoms with van der Waals surface area (Å²) in [6, 6.07) is 21.0. The summed E-state index contributed by atoms with van der Waals surface area (Å²) in [6.45, 7) is 2.61. The zero-order valence-corrected chi connectivity index (χ0v) is 19.1. The average molecular weight is 463 g/mol. The fraction of sp³-hybridized carbons (Fsp3) is 0.154. The van der Waals surface area contributed by atoms with Crippen molar-refractivity contribution in [3.63, 3.8) is 0 Å². The minimum absolute atomic E-state index is 0.159. The maximum absolute atomic E-state index is 13.6. The number of nitrogens with zero attached hydrogens (tertiary/aromatic N) is 1. The molecule has 0 spiro atoms. The Labute approximate surface area is 197 Å². The van der Waals surface area contributed by atoms with Crippen LogP contribution in [0.25, 0.3) is 5.57 Å². The number of rotatable bonds is 8. The van der Waals surface area contributed by atoms with Gasteiger partial charge >= 0.3 is 0 Å². The lowest BCUT2D eigenvalue weighted by molar-refractivity contribution is -0.120. The Kier molecular flexibility index (Phi) is 6.66. The van der Waals surface area contributed by atoms with Crippen LogP contribution >= 0.6 is 11.6 Å². The van der Waals surface area contributed by atoms with E-state index in [0.29, 0.717) is 40.1 Å². The van der Waals surface area contributed by atoms with Gasteiger partial charge in [-0.3, -0.25) is 9.59 Å². The van der Waals surface area contributed by atoms with E-state index in [1.807, 2.05) is 31.2 Å². The zero-order valence-electron chi connectivity index (χ0n) is 18.3. The number of hydrogen-bond acceptors (Lipinski definition) is 5. The summed E-state index contributed by atoms with van der Waals surface area (Å²) in [7, 11) is 1.53. The van der Waals surface area contributed by atoms with Gasteiger partial charge in [-0.05, 0) is 48.9 Å². The van der Waals surface area contributed by atoms with E-state index in [1.165, 1.54) is 7.11 Å². The molecule has 168 valence electrons. The number of anilines is 2. The number of nitrogens with one attached hydrogen (secondary N) is 1. The smallest absolute Gasteiger partial charge is 0.282 e. The third kappa shape index (κ3) is 4.56. The number of benzene rings is 3. The van der Waals surface area contributed by atoms with Gasteiger partial charge in [-0.25, -0.2) is 4.90 Å². The van der Waals surface area contributed by atoms with Crippen LogP contribution in [-0.2, 0) is 9.59 Å². The first-order valence-electron chi connectivity index (χ1n) is 10.6. The predicted octanol–water partition coefficient (Wildman–Crippen LogP) is 5.53. The predicted molar refractivity (Wildman–Crippen MR) is 130 cm³/mol. The molecule has 1 aliphatic rings. The van der Waals surface area contributed by atoms with Crippen LogP contribution in [0, 0.1) is 0 Å². The molecule has 4 rings (SSSR count). The monoisotopic (exact) mass is 462 g/mol. The minimum Gasteiger partial charge on any atom is -0.496 e. The highest BCUT2D eigenvalue weighted by Gasteiger charge is 2.41. The van der Waals surface area contributed by atoms with E-state index < -0.39 is 11.8 Å². The molecular weight excluding hydrogens is 440 g/mol. The van der Waals surface area contributed by atoms with Gasteiger partial charge in [0, 0.05) is 22.3 Å². The molecule has 0 unspecified atom stereocenters. The van der Waals surface area contributed by atoms with Gasteiger partial charge in [-0.15, -0.1) is 0 Å². The van der Waals surface area contributed by atoms with Crippen molar-refractivity contribution >= 4 is 40.4 Å². The van der Waals surface area contributed by atoms with Crippen LogP contribution in [-0.4, -0.2) is 25.5 Å². The quantitative estimate of drug-likeness (QED) is 0.445. The van der Waals surface area contributed by atoms with Gasteiger partial charge in [0.2, 0.25) is 0 Å². The Bertz CT molecular complexity index is 1220. The summed E-state index contributed by atoms with van der Waals surface area (Å²) < 4.78 is 11.2. The second kappa shape index (κ2) is 9.79. The number of imide groups is 1. The van der Waals surface area contributed by atoms with E-state index in [4.69, 9.17) is 21.1 Å². The molecule has 1 heterocycles. The molecule has 0 atom stereocenters. The standard InChI is InChI=1S/C26H23ClN2O4/c1-3-15-33-20-8-6-7-18(16-20)28-24-23(21-9-4-5-10-22(21)32-2)25(30)29(26(24)31)19-13-11-17(27)12-14-19/h4-14,16,28H,3,15H2,1-2H3. The molecule has 0 aromatic heterocycles. The van der Waals surface area contributed by atoms with E-state index in [1.54, 1.807) is 48.5 Å². The van der Waals surface area contributed by atoms with Crippen molar-refractivity contribution in [2.24, 2.45) is 0 Å². The van der Waals surface area contributed by atoms with Crippen LogP contribution in [0.15, 0.2) is 78.5 Å². The molecule has 0 saturated carbocycles. The van der Waals surface area contributed by atoms with Crippen molar-refractivity contribution in [2.45, 2.75) is 13.3 Å². The maximum atomic E-state index is 13.6. The Hall–Kier alpha value is -3.77. The number of carbonyl (C=O) groups excluding carboxylic acids is 2. The first-order chi connectivity index (χ1) is 16.0. The van der Waals surface area contributed by atoms with E-state index in [0.717, 1.165) is 11.3 Å². The molecule has 3 aromatic rings. The van der Waals surface area contributed by atoms with Crippen molar-refractivity contribution in [3.8, 4) is 11.5 Å². The molecule has 0 saturated heterocycles. The van der Waals surface area contributed by atoms with Crippen LogP contribution in [0.2, 0.25) is 5.02 Å². The van der Waals surface area contributed by atoms with E-state index >= 15 is 0 Å². The summed E-state index contributed by atoms with van der Waals surface area (Å²) in [5.41, 5.74) is 1.97. The fourth-order valence-corrected chi connectivity index (χ4v) is 3.73. The van der Waals surface area contributed by atoms with Crippen LogP contribution < -0.4 is 19.7 Å². The van der Waals surface area contributed by atoms with Crippen LogP contribution in [0.5, 0.6) is 11.5 Å². The van der Waals surface area contributed by atoms with Gasteiger partial charge in [0.15, 0.2) is 0 Å². The molecule has 33 heavy (non-hydrogen) atoms. The molecule has 1 aliphatic heterocycles. The molecule has 6 nitrogen and oxygen atoms in total. The number of methoxy groups -OCH3 is 1. The van der Waals surface area contributed by atoms with E-state index in [-0.39, 0.29) is 11.3 Å². The van der Waals surface area contributed by atoms with Crippen molar-refractivity contribution in [2.75, 3.05) is 23.9 Å². The molecule has 7 heteroatoms. The Morgan fingerprint density at radius 2 is 1.70 bits per heavy atom. The molecule has 0 radical (unpaired) electrons. The van der Waals surface area contributed by atoms with Crippen LogP contribution in [0.3, 0.4) is 0 Å². The lowest BCUT2D eigenvalue weighted by atomic mass is 10.0. The van der Waals surface area contributed by atoms with Crippen LogP contribution in [0.1, 0.15) is 18.9 Å². The van der Waals surface area contributed by atoms with Crippen molar-refractivity contribution in [1.29, 1.82) is 0 Å². The van der Waals surface area contributed by atoms with Crippen molar-refractivity contribution < 1.29 is 19.1 Å². The van der Waals surface area contributed by atoms with E-state index in [2.05, 4.69) is 5.32 Å². The van der Waals surface area contributed by atoms with Crippen LogP contribution in [0.4, 0.5) is 11.4 Å². The largest absolute Gasteiger partial charge is 0.496 e. The first kappa shape index (κ1) is 22.4. The fourth-order valence-electron chi connectivity index (χ4n) is 3.60. The Balaban J connectivity index is 1.80. The van der Waals surface area contributed by atoms with Gasteiger partial charge in [0.05, 0.1) is 25.0 Å². The second-order valence-electron chi connectivity index (χ2n) is 7.37. The number of carbonyl (C=O) groups is 2. The lowest BCUT2D eigenvalue weighted by Crippen LogP contribution is -2.32.